The maximum Gasteiger partial charge on any atom is 0.225 e. The summed E-state index contributed by atoms with van der Waals surface area (Å²) in [5.74, 6) is 2.73. The van der Waals surface area contributed by atoms with E-state index in [0.717, 1.165) is 83.0 Å². The number of nitrogens with zero attached hydrogens (tertiary/aromatic N) is 5. The summed E-state index contributed by atoms with van der Waals surface area (Å²) in [4.78, 5) is 18.0. The normalized spacial score (nSPS) is 14.6. The monoisotopic (exact) mass is 514 g/mol. The number of anilines is 1. The van der Waals surface area contributed by atoms with Gasteiger partial charge in [0, 0.05) is 71.3 Å². The number of furan rings is 1. The van der Waals surface area contributed by atoms with Crippen LogP contribution in [0, 0.1) is 0 Å². The average Bonchev–Trinajstić information content (AvgIpc) is 3.27. The lowest BCUT2D eigenvalue weighted by Gasteiger charge is -2.36. The maximum atomic E-state index is 5.42. The lowest BCUT2D eigenvalue weighted by molar-refractivity contribution is 0.146. The fourth-order valence-electron chi connectivity index (χ4n) is 3.09. The number of rotatable bonds is 9. The number of nitrogens with one attached hydrogen (secondary N) is 1. The minimum Gasteiger partial charge on any atom is -0.469 e. The molecule has 1 N–H and O–H groups in total. The van der Waals surface area contributed by atoms with Crippen LogP contribution in [0.5, 0.6) is 0 Å². The van der Waals surface area contributed by atoms with Gasteiger partial charge in [-0.15, -0.1) is 24.0 Å². The molecule has 9 heteroatoms. The van der Waals surface area contributed by atoms with Crippen molar-refractivity contribution in [1.82, 2.24) is 20.2 Å². The molecule has 1 aliphatic heterocycles. The Balaban J connectivity index is 0.00000300. The van der Waals surface area contributed by atoms with Crippen LogP contribution in [-0.4, -0.2) is 73.3 Å². The van der Waals surface area contributed by atoms with Crippen LogP contribution in [0.1, 0.15) is 19.1 Å². The van der Waals surface area contributed by atoms with Crippen LogP contribution < -0.4 is 10.2 Å². The highest BCUT2D eigenvalue weighted by Crippen LogP contribution is 2.10. The number of aromatic nitrogens is 2. The van der Waals surface area contributed by atoms with Crippen LogP contribution in [-0.2, 0) is 11.2 Å². The van der Waals surface area contributed by atoms with Gasteiger partial charge in [-0.1, -0.05) is 0 Å². The topological polar surface area (TPSA) is 79.0 Å². The predicted octanol–water partition coefficient (Wildman–Crippen LogP) is 2.42. The fraction of sp³-hybridized carbons (Fsp3) is 0.550. The van der Waals surface area contributed by atoms with Crippen molar-refractivity contribution >= 4 is 35.9 Å². The van der Waals surface area contributed by atoms with E-state index in [1.165, 1.54) is 0 Å². The second-order valence-electron chi connectivity index (χ2n) is 6.53. The van der Waals surface area contributed by atoms with Gasteiger partial charge in [-0.3, -0.25) is 4.99 Å². The first kappa shape index (κ1) is 23.4. The molecule has 0 spiro atoms. The number of piperazine rings is 1. The van der Waals surface area contributed by atoms with Gasteiger partial charge in [-0.05, 0) is 31.5 Å². The van der Waals surface area contributed by atoms with E-state index in [0.29, 0.717) is 0 Å². The first-order chi connectivity index (χ1) is 13.9. The standard InChI is InChI=1S/C20H30N6O2.HI/c1-2-27-16-5-10-23-20(24-11-7-18-6-3-17-28-18)26-14-12-25(13-15-26)19-21-8-4-9-22-19;/h3-4,6,8-9,17H,2,5,7,10-16H2,1H3,(H,23,24);1H. The van der Waals surface area contributed by atoms with Crippen LogP contribution >= 0.6 is 24.0 Å². The molecule has 1 saturated heterocycles. The van der Waals surface area contributed by atoms with E-state index in [2.05, 4.69) is 25.1 Å². The Morgan fingerprint density at radius 1 is 1.21 bits per heavy atom. The van der Waals surface area contributed by atoms with Gasteiger partial charge >= 0.3 is 0 Å². The summed E-state index contributed by atoms with van der Waals surface area (Å²) in [5, 5.41) is 3.50. The van der Waals surface area contributed by atoms with E-state index in [-0.39, 0.29) is 24.0 Å². The summed E-state index contributed by atoms with van der Waals surface area (Å²) in [6.45, 7) is 8.59. The first-order valence-electron chi connectivity index (χ1n) is 10.0. The minimum atomic E-state index is 0. The number of guanidine groups is 1. The molecule has 1 fully saturated rings. The largest absolute Gasteiger partial charge is 0.469 e. The molecular weight excluding hydrogens is 483 g/mol. The Morgan fingerprint density at radius 3 is 2.69 bits per heavy atom. The fourth-order valence-corrected chi connectivity index (χ4v) is 3.09. The van der Waals surface area contributed by atoms with Crippen LogP contribution in [0.15, 0.2) is 46.3 Å². The molecule has 160 valence electrons. The number of halogens is 1. The first-order valence-corrected chi connectivity index (χ1v) is 10.0. The molecule has 29 heavy (non-hydrogen) atoms. The SMILES string of the molecule is CCOCCCN=C(NCCc1ccco1)N1CCN(c2ncccn2)CC1.I. The minimum absolute atomic E-state index is 0. The van der Waals surface area contributed by atoms with Crippen LogP contribution in [0.3, 0.4) is 0 Å². The third-order valence-corrected chi connectivity index (χ3v) is 4.56. The van der Waals surface area contributed by atoms with Crippen molar-refractivity contribution in [3.05, 3.63) is 42.6 Å². The Hall–Kier alpha value is -1.88. The maximum absolute atomic E-state index is 5.42. The van der Waals surface area contributed by atoms with E-state index < -0.39 is 0 Å². The van der Waals surface area contributed by atoms with E-state index in [1.807, 2.05) is 25.1 Å². The molecule has 2 aromatic heterocycles. The van der Waals surface area contributed by atoms with Crippen molar-refractivity contribution in [2.45, 2.75) is 19.8 Å². The van der Waals surface area contributed by atoms with Gasteiger partial charge in [0.05, 0.1) is 6.26 Å². The number of hydrogen-bond donors (Lipinski definition) is 1. The second kappa shape index (κ2) is 13.4. The zero-order chi connectivity index (χ0) is 19.4. The summed E-state index contributed by atoms with van der Waals surface area (Å²) in [6.07, 6.45) is 7.05. The van der Waals surface area contributed by atoms with E-state index in [9.17, 15) is 0 Å². The molecule has 2 aromatic rings. The molecule has 0 amide bonds. The molecule has 0 saturated carbocycles. The molecule has 0 unspecified atom stereocenters. The van der Waals surface area contributed by atoms with Crippen molar-refractivity contribution in [1.29, 1.82) is 0 Å². The molecule has 8 nitrogen and oxygen atoms in total. The summed E-state index contributed by atoms with van der Waals surface area (Å²) in [5.41, 5.74) is 0. The molecule has 0 radical (unpaired) electrons. The van der Waals surface area contributed by atoms with Crippen molar-refractivity contribution in [2.24, 2.45) is 4.99 Å². The van der Waals surface area contributed by atoms with E-state index in [1.54, 1.807) is 18.7 Å². The predicted molar refractivity (Wildman–Crippen MR) is 125 cm³/mol. The quantitative estimate of drug-likeness (QED) is 0.238. The Kier molecular flexibility index (Phi) is 10.8. The van der Waals surface area contributed by atoms with Crippen LogP contribution in [0.4, 0.5) is 5.95 Å². The lowest BCUT2D eigenvalue weighted by Crippen LogP contribution is -2.53. The molecule has 3 heterocycles. The van der Waals surface area contributed by atoms with Crippen molar-refractivity contribution in [3.8, 4) is 0 Å². The molecule has 0 bridgehead atoms. The van der Waals surface area contributed by atoms with Gasteiger partial charge in [0.25, 0.3) is 0 Å². The van der Waals surface area contributed by atoms with Gasteiger partial charge in [0.2, 0.25) is 5.95 Å². The number of hydrogen-bond acceptors (Lipinski definition) is 6. The van der Waals surface area contributed by atoms with Crippen LogP contribution in [0.2, 0.25) is 0 Å². The zero-order valence-electron chi connectivity index (χ0n) is 17.0. The lowest BCUT2D eigenvalue weighted by atomic mass is 10.3. The highest BCUT2D eigenvalue weighted by molar-refractivity contribution is 14.0. The van der Waals surface area contributed by atoms with E-state index >= 15 is 0 Å². The molecule has 0 aliphatic carbocycles. The molecule has 1 aliphatic rings. The Bertz CT molecular complexity index is 690. The third-order valence-electron chi connectivity index (χ3n) is 4.56. The highest BCUT2D eigenvalue weighted by atomic mass is 127. The Labute approximate surface area is 189 Å². The number of ether oxygens (including phenoxy) is 1. The molecular formula is C20H31IN6O2. The van der Waals surface area contributed by atoms with Gasteiger partial charge in [-0.2, -0.15) is 0 Å². The molecule has 3 rings (SSSR count). The van der Waals surface area contributed by atoms with Crippen molar-refractivity contribution in [2.75, 3.05) is 57.4 Å². The summed E-state index contributed by atoms with van der Waals surface area (Å²) >= 11 is 0. The highest BCUT2D eigenvalue weighted by Gasteiger charge is 2.21. The van der Waals surface area contributed by atoms with Crippen LogP contribution in [0.25, 0.3) is 0 Å². The van der Waals surface area contributed by atoms with Gasteiger partial charge in [0.15, 0.2) is 5.96 Å². The smallest absolute Gasteiger partial charge is 0.225 e. The average molecular weight is 514 g/mol. The second-order valence-corrected chi connectivity index (χ2v) is 6.53. The summed E-state index contributed by atoms with van der Waals surface area (Å²) < 4.78 is 10.8. The number of aliphatic imine (C=N–C) groups is 1. The van der Waals surface area contributed by atoms with Gasteiger partial charge in [-0.25, -0.2) is 9.97 Å². The summed E-state index contributed by atoms with van der Waals surface area (Å²) in [6, 6.07) is 5.76. The zero-order valence-corrected chi connectivity index (χ0v) is 19.3. The molecule has 0 aromatic carbocycles. The van der Waals surface area contributed by atoms with Crippen molar-refractivity contribution < 1.29 is 9.15 Å². The third kappa shape index (κ3) is 7.81. The van der Waals surface area contributed by atoms with Gasteiger partial charge in [0.1, 0.15) is 5.76 Å². The Morgan fingerprint density at radius 2 is 2.00 bits per heavy atom. The molecule has 0 atom stereocenters. The van der Waals surface area contributed by atoms with Crippen molar-refractivity contribution in [3.63, 3.8) is 0 Å². The van der Waals surface area contributed by atoms with E-state index in [4.69, 9.17) is 14.1 Å². The summed E-state index contributed by atoms with van der Waals surface area (Å²) in [7, 11) is 0. The van der Waals surface area contributed by atoms with Gasteiger partial charge < -0.3 is 24.3 Å².